The summed E-state index contributed by atoms with van der Waals surface area (Å²) in [6.45, 7) is 11.3. The van der Waals surface area contributed by atoms with E-state index >= 15 is 0 Å². The summed E-state index contributed by atoms with van der Waals surface area (Å²) in [5, 5.41) is 10.1. The van der Waals surface area contributed by atoms with E-state index in [1.165, 1.54) is 5.69 Å². The maximum absolute atomic E-state index is 10.1. The molecule has 1 unspecified atom stereocenters. The van der Waals surface area contributed by atoms with Gasteiger partial charge in [-0.2, -0.15) is 0 Å². The lowest BCUT2D eigenvalue weighted by Gasteiger charge is -2.34. The fourth-order valence-electron chi connectivity index (χ4n) is 2.63. The van der Waals surface area contributed by atoms with Gasteiger partial charge in [-0.05, 0) is 31.2 Å². The van der Waals surface area contributed by atoms with Crippen LogP contribution < -0.4 is 0 Å². The van der Waals surface area contributed by atoms with Crippen molar-refractivity contribution in [2.24, 2.45) is 5.41 Å². The molecule has 1 atom stereocenters. The van der Waals surface area contributed by atoms with Crippen molar-refractivity contribution in [2.45, 2.75) is 46.3 Å². The molecule has 0 saturated heterocycles. The van der Waals surface area contributed by atoms with E-state index in [0.29, 0.717) is 0 Å². The first-order valence-corrected chi connectivity index (χ1v) is 5.89. The lowest BCUT2D eigenvalue weighted by Crippen LogP contribution is -2.26. The fraction of sp³-hybridized carbons (Fsp3) is 0.571. The van der Waals surface area contributed by atoms with Crippen LogP contribution in [0.5, 0.6) is 0 Å². The van der Waals surface area contributed by atoms with Gasteiger partial charge in [0.1, 0.15) is 0 Å². The number of hydrogen-bond donors (Lipinski definition) is 1. The van der Waals surface area contributed by atoms with Gasteiger partial charge in [0.2, 0.25) is 0 Å². The van der Waals surface area contributed by atoms with Gasteiger partial charge in [-0.15, -0.1) is 0 Å². The van der Waals surface area contributed by atoms with Crippen molar-refractivity contribution in [3.63, 3.8) is 0 Å². The van der Waals surface area contributed by atoms with Crippen molar-refractivity contribution in [3.8, 4) is 0 Å². The molecule has 1 heterocycles. The van der Waals surface area contributed by atoms with E-state index in [0.717, 1.165) is 30.5 Å². The molecule has 0 bridgehead atoms. The molecule has 0 amide bonds. The van der Waals surface area contributed by atoms with Gasteiger partial charge >= 0.3 is 0 Å². The first kappa shape index (κ1) is 11.5. The topological polar surface area (TPSA) is 25.2 Å². The zero-order chi connectivity index (χ0) is 11.9. The first-order chi connectivity index (χ1) is 7.39. The summed E-state index contributed by atoms with van der Waals surface area (Å²) in [7, 11) is 0. The van der Waals surface area contributed by atoms with Gasteiger partial charge in [0.05, 0.1) is 6.10 Å². The van der Waals surface area contributed by atoms with Crippen molar-refractivity contribution in [2.75, 3.05) is 0 Å². The smallest absolute Gasteiger partial charge is 0.0812 e. The minimum absolute atomic E-state index is 0.192. The van der Waals surface area contributed by atoms with Crippen molar-refractivity contribution < 1.29 is 5.11 Å². The Labute approximate surface area is 97.6 Å². The highest BCUT2D eigenvalue weighted by Crippen LogP contribution is 2.41. The number of aromatic nitrogens is 1. The largest absolute Gasteiger partial charge is 0.388 e. The number of nitrogens with zero attached hydrogens (tertiary/aromatic N) is 1. The predicted molar refractivity (Wildman–Crippen MR) is 66.3 cm³/mol. The van der Waals surface area contributed by atoms with Crippen molar-refractivity contribution in [3.05, 3.63) is 35.7 Å². The molecule has 0 fully saturated rings. The molecule has 1 N–H and O–H groups in total. The summed E-state index contributed by atoms with van der Waals surface area (Å²) in [4.78, 5) is 0. The third-order valence-electron chi connectivity index (χ3n) is 3.31. The number of fused-ring (bicyclic) bond motifs is 1. The van der Waals surface area contributed by atoms with Gasteiger partial charge in [-0.3, -0.25) is 0 Å². The van der Waals surface area contributed by atoms with E-state index in [9.17, 15) is 5.11 Å². The average Bonchev–Trinajstić information content (AvgIpc) is 2.45. The van der Waals surface area contributed by atoms with E-state index in [1.54, 1.807) is 0 Å². The third-order valence-corrected chi connectivity index (χ3v) is 3.31. The second-order valence-electron chi connectivity index (χ2n) is 5.86. The first-order valence-electron chi connectivity index (χ1n) is 5.89. The molecule has 16 heavy (non-hydrogen) atoms. The van der Waals surface area contributed by atoms with Gasteiger partial charge in [0, 0.05) is 24.0 Å². The van der Waals surface area contributed by atoms with E-state index in [2.05, 4.69) is 37.3 Å². The second-order valence-corrected chi connectivity index (χ2v) is 5.86. The summed E-state index contributed by atoms with van der Waals surface area (Å²) >= 11 is 0. The van der Waals surface area contributed by atoms with Crippen LogP contribution >= 0.6 is 0 Å². The van der Waals surface area contributed by atoms with Crippen LogP contribution in [0.4, 0.5) is 0 Å². The Balaban J connectivity index is 2.37. The number of rotatable bonds is 2. The Morgan fingerprint density at radius 1 is 1.62 bits per heavy atom. The quantitative estimate of drug-likeness (QED) is 0.760. The van der Waals surface area contributed by atoms with Gasteiger partial charge in [0.15, 0.2) is 0 Å². The zero-order valence-corrected chi connectivity index (χ0v) is 10.5. The minimum atomic E-state index is -0.301. The monoisotopic (exact) mass is 219 g/mol. The molecular weight excluding hydrogens is 198 g/mol. The van der Waals surface area contributed by atoms with E-state index in [1.807, 2.05) is 6.92 Å². The van der Waals surface area contributed by atoms with E-state index in [-0.39, 0.29) is 11.5 Å². The zero-order valence-electron chi connectivity index (χ0n) is 10.5. The molecule has 0 radical (unpaired) electrons. The highest BCUT2D eigenvalue weighted by atomic mass is 16.3. The predicted octanol–water partition coefficient (Wildman–Crippen LogP) is 3.07. The molecule has 2 nitrogen and oxygen atoms in total. The molecule has 1 aliphatic carbocycles. The molecule has 2 rings (SSSR count). The Morgan fingerprint density at radius 3 is 2.94 bits per heavy atom. The van der Waals surface area contributed by atoms with Crippen LogP contribution in [0.3, 0.4) is 0 Å². The molecule has 0 spiro atoms. The molecule has 0 saturated carbocycles. The summed E-state index contributed by atoms with van der Waals surface area (Å²) in [6, 6.07) is 2.05. The molecule has 2 heteroatoms. The molecule has 88 valence electrons. The number of hydrogen-bond acceptors (Lipinski definition) is 1. The Bertz CT molecular complexity index is 414. The average molecular weight is 219 g/mol. The second kappa shape index (κ2) is 3.77. The van der Waals surface area contributed by atoms with Gasteiger partial charge < -0.3 is 9.67 Å². The number of aliphatic hydroxyl groups excluding tert-OH is 1. The maximum atomic E-state index is 10.1. The lowest BCUT2D eigenvalue weighted by atomic mass is 9.75. The van der Waals surface area contributed by atoms with Crippen LogP contribution in [0.25, 0.3) is 0 Å². The summed E-state index contributed by atoms with van der Waals surface area (Å²) < 4.78 is 2.22. The highest BCUT2D eigenvalue weighted by Gasteiger charge is 2.32. The molecule has 0 aromatic carbocycles. The van der Waals surface area contributed by atoms with E-state index in [4.69, 9.17) is 0 Å². The molecular formula is C14H21NO. The Morgan fingerprint density at radius 2 is 2.31 bits per heavy atom. The number of aliphatic hydroxyl groups is 1. The normalized spacial score (nSPS) is 22.9. The van der Waals surface area contributed by atoms with Gasteiger partial charge in [-0.25, -0.2) is 0 Å². The standard InChI is InChI=1S/C14H21NO/c1-10(2)9-15-6-5-11-12(15)7-14(3,4)8-13(11)16/h5-6,13,16H,1,7-9H2,2-4H3. The van der Waals surface area contributed by atoms with Crippen LogP contribution in [0.1, 0.15) is 44.6 Å². The summed E-state index contributed by atoms with van der Waals surface area (Å²) in [5.41, 5.74) is 3.74. The SMILES string of the molecule is C=C(C)Cn1ccc2c1CC(C)(C)CC2O. The van der Waals surface area contributed by atoms with Crippen molar-refractivity contribution in [1.82, 2.24) is 4.57 Å². The third kappa shape index (κ3) is 2.07. The highest BCUT2D eigenvalue weighted by molar-refractivity contribution is 5.29. The van der Waals surface area contributed by atoms with Crippen LogP contribution in [0.15, 0.2) is 24.4 Å². The molecule has 1 aliphatic rings. The molecule has 1 aromatic rings. The van der Waals surface area contributed by atoms with Crippen molar-refractivity contribution >= 4 is 0 Å². The minimum Gasteiger partial charge on any atom is -0.388 e. The van der Waals surface area contributed by atoms with Crippen LogP contribution in [0.2, 0.25) is 0 Å². The lowest BCUT2D eigenvalue weighted by molar-refractivity contribution is 0.0981. The van der Waals surface area contributed by atoms with Crippen LogP contribution in [-0.2, 0) is 13.0 Å². The summed E-state index contributed by atoms with van der Waals surface area (Å²) in [5.74, 6) is 0. The maximum Gasteiger partial charge on any atom is 0.0812 e. The van der Waals surface area contributed by atoms with Crippen molar-refractivity contribution in [1.29, 1.82) is 0 Å². The van der Waals surface area contributed by atoms with Gasteiger partial charge in [-0.1, -0.05) is 26.0 Å². The van der Waals surface area contributed by atoms with Crippen LogP contribution in [-0.4, -0.2) is 9.67 Å². The van der Waals surface area contributed by atoms with Crippen LogP contribution in [0, 0.1) is 5.41 Å². The Hall–Kier alpha value is -1.02. The van der Waals surface area contributed by atoms with Gasteiger partial charge in [0.25, 0.3) is 0 Å². The molecule has 0 aliphatic heterocycles. The Kier molecular flexibility index (Phi) is 2.70. The number of allylic oxidation sites excluding steroid dienone is 1. The summed E-state index contributed by atoms with van der Waals surface area (Å²) in [6.07, 6.45) is 3.67. The fourth-order valence-corrected chi connectivity index (χ4v) is 2.63. The molecule has 1 aromatic heterocycles. The van der Waals surface area contributed by atoms with E-state index < -0.39 is 0 Å².